The third kappa shape index (κ3) is 19.7. The van der Waals surface area contributed by atoms with Crippen molar-refractivity contribution in [2.75, 3.05) is 0 Å². The maximum Gasteiger partial charge on any atom is 0.573 e. The molecule has 2 saturated carbocycles. The van der Waals surface area contributed by atoms with Crippen LogP contribution in [0.3, 0.4) is 0 Å². The summed E-state index contributed by atoms with van der Waals surface area (Å²) in [4.78, 5) is 0. The second-order valence-electron chi connectivity index (χ2n) is 16.5. The number of unbranched alkanes of at least 4 members (excludes halogenated alkanes) is 1. The molecule has 1 aromatic carbocycles. The van der Waals surface area contributed by atoms with Gasteiger partial charge in [-0.2, -0.15) is 0 Å². The summed E-state index contributed by atoms with van der Waals surface area (Å²) in [5.41, 5.74) is 1.96. The summed E-state index contributed by atoms with van der Waals surface area (Å²) >= 11 is 0. The first-order valence-corrected chi connectivity index (χ1v) is 20.6. The van der Waals surface area contributed by atoms with Crippen LogP contribution in [0.1, 0.15) is 162 Å². The van der Waals surface area contributed by atoms with Crippen LogP contribution in [0, 0.1) is 41.4 Å². The average Bonchev–Trinajstić information content (AvgIpc) is 3.10. The summed E-state index contributed by atoms with van der Waals surface area (Å²) in [7, 11) is 0. The highest BCUT2D eigenvalue weighted by atomic mass is 19.4. The van der Waals surface area contributed by atoms with Crippen LogP contribution in [0.25, 0.3) is 0 Å². The van der Waals surface area contributed by atoms with E-state index < -0.39 is 18.5 Å². The van der Waals surface area contributed by atoms with Gasteiger partial charge < -0.3 is 9.47 Å². The van der Waals surface area contributed by atoms with Crippen molar-refractivity contribution in [2.24, 2.45) is 41.4 Å². The monoisotopic (exact) mass is 757 g/mol. The summed E-state index contributed by atoms with van der Waals surface area (Å²) in [6.07, 6.45) is 15.2. The smallest absolute Gasteiger partial charge is 0.406 e. The maximum absolute atomic E-state index is 12.3. The maximum atomic E-state index is 12.3. The van der Waals surface area contributed by atoms with Crippen molar-refractivity contribution in [3.8, 4) is 5.75 Å². The first-order valence-electron chi connectivity index (χ1n) is 20.6. The summed E-state index contributed by atoms with van der Waals surface area (Å²) in [6.45, 7) is 20.8. The molecule has 4 atom stereocenters. The van der Waals surface area contributed by atoms with Crippen LogP contribution in [0.15, 0.2) is 60.9 Å². The highest BCUT2D eigenvalue weighted by Gasteiger charge is 2.33. The van der Waals surface area contributed by atoms with Gasteiger partial charge in [-0.3, -0.25) is 0 Å². The van der Waals surface area contributed by atoms with Crippen LogP contribution in [0.2, 0.25) is 0 Å². The molecule has 0 amide bonds. The highest BCUT2D eigenvalue weighted by molar-refractivity contribution is 5.30. The van der Waals surface area contributed by atoms with Crippen LogP contribution in [-0.2, 0) is 4.74 Å². The van der Waals surface area contributed by atoms with E-state index in [1.54, 1.807) is 6.08 Å². The fourth-order valence-electron chi connectivity index (χ4n) is 8.28. The molecule has 4 unspecified atom stereocenters. The third-order valence-electron chi connectivity index (χ3n) is 12.2. The van der Waals surface area contributed by atoms with Crippen LogP contribution in [0.5, 0.6) is 5.75 Å². The molecule has 0 aromatic heterocycles. The Bertz CT molecular complexity index is 1190. The molecule has 0 spiro atoms. The summed E-state index contributed by atoms with van der Waals surface area (Å²) < 4.78 is 80.8. The van der Waals surface area contributed by atoms with E-state index in [9.17, 15) is 26.3 Å². The van der Waals surface area contributed by atoms with Gasteiger partial charge in [0, 0.05) is 0 Å². The van der Waals surface area contributed by atoms with Gasteiger partial charge in [-0.1, -0.05) is 136 Å². The predicted octanol–water partition coefficient (Wildman–Crippen LogP) is 15.9. The van der Waals surface area contributed by atoms with E-state index in [4.69, 9.17) is 0 Å². The molecular weight excluding hydrogens is 686 g/mol. The summed E-state index contributed by atoms with van der Waals surface area (Å²) in [5, 5.41) is 0. The second kappa shape index (κ2) is 23.5. The van der Waals surface area contributed by atoms with Crippen LogP contribution < -0.4 is 4.74 Å². The molecule has 2 aliphatic rings. The lowest BCUT2D eigenvalue weighted by molar-refractivity contribution is -0.303. The Balaban J connectivity index is 0.000000367. The molecule has 2 nitrogen and oxygen atoms in total. The first-order chi connectivity index (χ1) is 24.9. The fraction of sp³-hybridized carbons (Fsp3) is 0.733. The lowest BCUT2D eigenvalue weighted by Crippen LogP contribution is -2.25. The molecule has 3 rings (SSSR count). The third-order valence-corrected chi connectivity index (χ3v) is 12.2. The first kappa shape index (κ1) is 46.8. The molecule has 304 valence electrons. The Kier molecular flexibility index (Phi) is 20.8. The molecule has 1 aromatic rings. The summed E-state index contributed by atoms with van der Waals surface area (Å²) in [5.74, 6) is 5.01. The normalized spacial score (nSPS) is 23.3. The van der Waals surface area contributed by atoms with E-state index in [0.717, 1.165) is 47.6 Å². The van der Waals surface area contributed by atoms with Crippen LogP contribution in [-0.4, -0.2) is 12.7 Å². The predicted molar refractivity (Wildman–Crippen MR) is 207 cm³/mol. The minimum atomic E-state index is -4.70. The molecule has 0 bridgehead atoms. The van der Waals surface area contributed by atoms with Gasteiger partial charge in [-0.05, 0) is 122 Å². The standard InChI is InChI=1S/C23H39F3O.C22H31F3O/c1-8-9-10-17(2)11-12-18(3)19(4)13-14-20(5)21(6)15-16-22(7)27-23(24,25)26;1-2-3-16-4-6-17(7-5-16)18-8-10-19(11-9-18)20-12-14-21(15-13-20)26-22(23,24)25/h15-20H,6-14H2,1-5H3;12-19H,2-11H2,1H3/b16-15-;. The van der Waals surface area contributed by atoms with Crippen molar-refractivity contribution in [1.82, 2.24) is 0 Å². The van der Waals surface area contributed by atoms with Gasteiger partial charge in [-0.25, -0.2) is 0 Å². The van der Waals surface area contributed by atoms with E-state index in [1.165, 1.54) is 115 Å². The van der Waals surface area contributed by atoms with E-state index >= 15 is 0 Å². The van der Waals surface area contributed by atoms with Gasteiger partial charge >= 0.3 is 12.7 Å². The minimum absolute atomic E-state index is 0.126. The van der Waals surface area contributed by atoms with Gasteiger partial charge in [0.2, 0.25) is 0 Å². The van der Waals surface area contributed by atoms with Gasteiger partial charge in [0.05, 0.1) is 0 Å². The Morgan fingerprint density at radius 3 is 1.75 bits per heavy atom. The molecule has 8 heteroatoms. The Morgan fingerprint density at radius 1 is 0.698 bits per heavy atom. The van der Waals surface area contributed by atoms with E-state index in [2.05, 4.69) is 64.2 Å². The molecule has 0 heterocycles. The van der Waals surface area contributed by atoms with Crippen molar-refractivity contribution in [2.45, 2.75) is 169 Å². The fourth-order valence-corrected chi connectivity index (χ4v) is 8.28. The molecule has 0 saturated heterocycles. The van der Waals surface area contributed by atoms with Gasteiger partial charge in [0.15, 0.2) is 0 Å². The minimum Gasteiger partial charge on any atom is -0.406 e. The Hall–Kier alpha value is -2.38. The molecule has 0 N–H and O–H groups in total. The van der Waals surface area contributed by atoms with Crippen molar-refractivity contribution in [1.29, 1.82) is 0 Å². The lowest BCUT2D eigenvalue weighted by atomic mass is 9.68. The zero-order valence-electron chi connectivity index (χ0n) is 33.6. The average molecular weight is 757 g/mol. The Labute approximate surface area is 318 Å². The summed E-state index contributed by atoms with van der Waals surface area (Å²) in [6, 6.07) is 6.51. The molecule has 2 aliphatic carbocycles. The number of allylic oxidation sites excluding steroid dienone is 3. The second-order valence-corrected chi connectivity index (χ2v) is 16.5. The molecule has 0 radical (unpaired) electrons. The molecule has 2 fully saturated rings. The zero-order valence-corrected chi connectivity index (χ0v) is 33.6. The Morgan fingerprint density at radius 2 is 1.25 bits per heavy atom. The number of alkyl halides is 6. The largest absolute Gasteiger partial charge is 0.573 e. The van der Waals surface area contributed by atoms with Crippen LogP contribution >= 0.6 is 0 Å². The van der Waals surface area contributed by atoms with E-state index in [1.807, 2.05) is 12.1 Å². The van der Waals surface area contributed by atoms with Gasteiger partial charge in [0.25, 0.3) is 0 Å². The van der Waals surface area contributed by atoms with E-state index in [-0.39, 0.29) is 11.7 Å². The number of hydrogen-bond acceptors (Lipinski definition) is 2. The van der Waals surface area contributed by atoms with Gasteiger partial charge in [0.1, 0.15) is 11.5 Å². The molecular formula is C45H70F6O2. The van der Waals surface area contributed by atoms with Crippen molar-refractivity contribution in [3.63, 3.8) is 0 Å². The quantitative estimate of drug-likeness (QED) is 0.0795. The van der Waals surface area contributed by atoms with Crippen molar-refractivity contribution < 1.29 is 35.8 Å². The number of benzene rings is 1. The molecule has 53 heavy (non-hydrogen) atoms. The zero-order chi connectivity index (χ0) is 39.6. The number of halogens is 6. The highest BCUT2D eigenvalue weighted by Crippen LogP contribution is 2.44. The number of hydrogen-bond donors (Lipinski definition) is 0. The lowest BCUT2D eigenvalue weighted by Gasteiger charge is -2.38. The van der Waals surface area contributed by atoms with E-state index in [0.29, 0.717) is 17.8 Å². The van der Waals surface area contributed by atoms with Gasteiger partial charge in [-0.15, -0.1) is 26.3 Å². The number of rotatable bonds is 19. The molecule has 0 aliphatic heterocycles. The van der Waals surface area contributed by atoms with Crippen LogP contribution in [0.4, 0.5) is 26.3 Å². The van der Waals surface area contributed by atoms with Crippen molar-refractivity contribution in [3.05, 3.63) is 66.5 Å². The van der Waals surface area contributed by atoms with Crippen molar-refractivity contribution >= 4 is 0 Å². The number of ether oxygens (including phenoxy) is 2. The topological polar surface area (TPSA) is 18.5 Å². The SMILES string of the molecule is C=C(/C=C\C(=C)C(C)CCC(C)C(C)CCC(C)CCCC)OC(F)(F)F.CCCC1CCC(C2CCC(c3ccc(OC(F)(F)F)cc3)CC2)CC1.